The summed E-state index contributed by atoms with van der Waals surface area (Å²) in [5.41, 5.74) is 0. The first-order valence-electron chi connectivity index (χ1n) is 0.289. The summed E-state index contributed by atoms with van der Waals surface area (Å²) >= 11 is 0.733. The molecule has 0 N–H and O–H groups in total. The van der Waals surface area contributed by atoms with Crippen LogP contribution in [0.25, 0.3) is 0 Å². The summed E-state index contributed by atoms with van der Waals surface area (Å²) in [5, 5.41) is 0. The summed E-state index contributed by atoms with van der Waals surface area (Å²) in [5.74, 6) is 0. The van der Waals surface area contributed by atoms with E-state index in [-0.39, 0.29) is 36.5 Å². The van der Waals surface area contributed by atoms with Crippen molar-refractivity contribution in [2.75, 3.05) is 0 Å². The van der Waals surface area contributed by atoms with E-state index < -0.39 is 0 Å². The molecule has 0 unspecified atom stereocenters. The second kappa shape index (κ2) is 18.8. The van der Waals surface area contributed by atoms with Crippen molar-refractivity contribution in [1.29, 1.82) is 0 Å². The smallest absolute Gasteiger partial charge is 0 e. The van der Waals surface area contributed by atoms with Crippen LogP contribution in [-0.2, 0) is 36.5 Å². The topological polar surface area (TPSA) is 0 Å². The van der Waals surface area contributed by atoms with Gasteiger partial charge in [-0.25, -0.2) is 0 Å². The van der Waals surface area contributed by atoms with Crippen LogP contribution >= 0.6 is 8.92 Å². The molecule has 0 nitrogen and oxygen atoms in total. The predicted octanol–water partition coefficient (Wildman–Crippen LogP) is -0.00530. The molecule has 0 aliphatic heterocycles. The number of rotatable bonds is 0. The van der Waals surface area contributed by atoms with Crippen LogP contribution in [0.2, 0.25) is 0 Å². The van der Waals surface area contributed by atoms with Crippen LogP contribution in [0.4, 0.5) is 0 Å². The van der Waals surface area contributed by atoms with E-state index in [1.54, 1.807) is 0 Å². The molecule has 0 aliphatic rings. The molecule has 4 heavy (non-hydrogen) atoms. The first kappa shape index (κ1) is 16.3. The fraction of sp³-hybridized carbons (Fsp3) is 0. The minimum atomic E-state index is 0. The fourth-order valence-electron chi connectivity index (χ4n) is 0. The van der Waals surface area contributed by atoms with E-state index in [2.05, 4.69) is 8.92 Å². The van der Waals surface area contributed by atoms with Crippen molar-refractivity contribution in [1.82, 2.24) is 0 Å². The van der Waals surface area contributed by atoms with Crippen LogP contribution in [0.5, 0.6) is 0 Å². The Labute approximate surface area is 66.9 Å². The van der Waals surface area contributed by atoms with Gasteiger partial charge in [0.2, 0.25) is 0 Å². The van der Waals surface area contributed by atoms with Gasteiger partial charge >= 0.3 is 31.3 Å². The zero-order valence-corrected chi connectivity index (χ0v) is 10.9. The largest absolute Gasteiger partial charge is 0 e. The van der Waals surface area contributed by atoms with Gasteiger partial charge < -0.3 is 0 Å². The Balaban J connectivity index is -0.00000000500. The SMILES string of the molecule is [Cu].[S]=[InH].[Zn]. The molecule has 23 valence electrons. The number of hydrogen-bond donors (Lipinski definition) is 0. The van der Waals surface area contributed by atoms with E-state index in [0.717, 1.165) is 22.4 Å². The summed E-state index contributed by atoms with van der Waals surface area (Å²) in [7, 11) is 4.25. The van der Waals surface area contributed by atoms with Crippen LogP contribution in [0.15, 0.2) is 0 Å². The molecule has 0 saturated heterocycles. The molecule has 1 radical (unpaired) electrons. The Morgan fingerprint density at radius 1 is 1.25 bits per heavy atom. The van der Waals surface area contributed by atoms with Gasteiger partial charge in [0.15, 0.2) is 0 Å². The maximum Gasteiger partial charge on any atom is 0 e. The minimum Gasteiger partial charge on any atom is 0 e. The Kier molecular flexibility index (Phi) is 76.8. The van der Waals surface area contributed by atoms with E-state index in [1.165, 1.54) is 0 Å². The Hall–Kier alpha value is 2.23. The average molecular weight is 277 g/mol. The first-order chi connectivity index (χ1) is 1.00. The van der Waals surface area contributed by atoms with Gasteiger partial charge in [0.25, 0.3) is 0 Å². The molecule has 0 rings (SSSR count). The van der Waals surface area contributed by atoms with Crippen LogP contribution in [-0.4, -0.2) is 22.4 Å². The van der Waals surface area contributed by atoms with Crippen LogP contribution in [0, 0.1) is 0 Å². The Morgan fingerprint density at radius 3 is 1.25 bits per heavy atom. The van der Waals surface area contributed by atoms with Crippen molar-refractivity contribution in [3.63, 3.8) is 0 Å². The molecule has 0 aliphatic carbocycles. The summed E-state index contributed by atoms with van der Waals surface area (Å²) in [6, 6.07) is 0. The van der Waals surface area contributed by atoms with Crippen molar-refractivity contribution in [2.24, 2.45) is 0 Å². The maximum absolute atomic E-state index is 4.25. The summed E-state index contributed by atoms with van der Waals surface area (Å²) in [6.07, 6.45) is 0. The van der Waals surface area contributed by atoms with Crippen molar-refractivity contribution < 1.29 is 36.5 Å². The standard InChI is InChI=1S/Cu.In.S.Zn.H. The molecule has 0 bridgehead atoms. The van der Waals surface area contributed by atoms with Gasteiger partial charge in [-0.3, -0.25) is 0 Å². The minimum absolute atomic E-state index is 0. The van der Waals surface area contributed by atoms with Gasteiger partial charge in [-0.15, -0.1) is 0 Å². The monoisotopic (exact) mass is 275 g/mol. The molecular formula is HCuInSZn. The van der Waals surface area contributed by atoms with Gasteiger partial charge in [-0.2, -0.15) is 0 Å². The van der Waals surface area contributed by atoms with Crippen LogP contribution in [0.1, 0.15) is 0 Å². The molecule has 4 heteroatoms. The summed E-state index contributed by atoms with van der Waals surface area (Å²) in [6.45, 7) is 0. The molecule has 0 aromatic heterocycles. The maximum atomic E-state index is 4.25. The van der Waals surface area contributed by atoms with Gasteiger partial charge in [0, 0.05) is 36.5 Å². The Bertz CT molecular complexity index is 8.00. The third kappa shape index (κ3) is 8.87. The Morgan fingerprint density at radius 2 is 1.25 bits per heavy atom. The van der Waals surface area contributed by atoms with Crippen molar-refractivity contribution in [3.8, 4) is 0 Å². The van der Waals surface area contributed by atoms with E-state index in [4.69, 9.17) is 0 Å². The quantitative estimate of drug-likeness (QED) is 0.561. The molecule has 0 amide bonds. The third-order valence-electron chi connectivity index (χ3n) is 0. The zero-order chi connectivity index (χ0) is 2.00. The zero-order valence-electron chi connectivity index (χ0n) is 2.12. The normalized spacial score (nSPS) is 0.750. The number of hydrogen-bond acceptors (Lipinski definition) is 1. The van der Waals surface area contributed by atoms with E-state index in [9.17, 15) is 0 Å². The van der Waals surface area contributed by atoms with Gasteiger partial charge in [-0.1, -0.05) is 0 Å². The molecule has 0 fully saturated rings. The van der Waals surface area contributed by atoms with Crippen LogP contribution in [0.3, 0.4) is 0 Å². The molecule has 0 heterocycles. The van der Waals surface area contributed by atoms with E-state index >= 15 is 0 Å². The van der Waals surface area contributed by atoms with Crippen molar-refractivity contribution in [3.05, 3.63) is 0 Å². The van der Waals surface area contributed by atoms with E-state index in [0.29, 0.717) is 0 Å². The fourth-order valence-corrected chi connectivity index (χ4v) is 0. The van der Waals surface area contributed by atoms with Gasteiger partial charge in [0.05, 0.1) is 0 Å². The molecule has 0 saturated carbocycles. The molecule has 0 atom stereocenters. The third-order valence-corrected chi connectivity index (χ3v) is 0. The second-order valence-corrected chi connectivity index (χ2v) is 0. The van der Waals surface area contributed by atoms with Gasteiger partial charge in [0.1, 0.15) is 0 Å². The molecule has 0 spiro atoms. The average Bonchev–Trinajstić information content (AvgIpc) is 1.00. The first-order valence-corrected chi connectivity index (χ1v) is 5.81. The van der Waals surface area contributed by atoms with Gasteiger partial charge in [-0.05, 0) is 0 Å². The van der Waals surface area contributed by atoms with E-state index in [1.807, 2.05) is 0 Å². The molecule has 0 aromatic rings. The van der Waals surface area contributed by atoms with Crippen LogP contribution < -0.4 is 0 Å². The van der Waals surface area contributed by atoms with Crippen molar-refractivity contribution >= 4 is 31.3 Å². The van der Waals surface area contributed by atoms with Crippen molar-refractivity contribution in [2.45, 2.75) is 0 Å². The second-order valence-electron chi connectivity index (χ2n) is 0. The summed E-state index contributed by atoms with van der Waals surface area (Å²) < 4.78 is 0. The molecule has 0 aromatic carbocycles. The predicted molar refractivity (Wildman–Crippen MR) is 14.7 cm³/mol. The molecular weight excluding hydrogens is 276 g/mol. The summed E-state index contributed by atoms with van der Waals surface area (Å²) in [4.78, 5) is 0.